The van der Waals surface area contributed by atoms with Crippen LogP contribution in [0.4, 0.5) is 4.39 Å². The van der Waals surface area contributed by atoms with Gasteiger partial charge in [0.05, 0.1) is 5.57 Å². The SMILES string of the molecule is C=C/C(=C\N=CC)c1nnc(CCc2ccc(-c3ccccc3F)cc2)o1. The Morgan fingerprint density at radius 2 is 1.89 bits per heavy atom. The quantitative estimate of drug-likeness (QED) is 0.425. The highest BCUT2D eigenvalue weighted by Crippen LogP contribution is 2.23. The Labute approximate surface area is 157 Å². The Hall–Kier alpha value is -3.34. The highest BCUT2D eigenvalue weighted by atomic mass is 19.1. The number of aryl methyl sites for hydroxylation is 2. The van der Waals surface area contributed by atoms with Gasteiger partial charge in [0.1, 0.15) is 5.82 Å². The number of hydrogen-bond acceptors (Lipinski definition) is 4. The second-order valence-corrected chi connectivity index (χ2v) is 5.87. The third-order valence-electron chi connectivity index (χ3n) is 4.06. The zero-order valence-electron chi connectivity index (χ0n) is 15.1. The van der Waals surface area contributed by atoms with E-state index < -0.39 is 0 Å². The largest absolute Gasteiger partial charge is 0.421 e. The van der Waals surface area contributed by atoms with Gasteiger partial charge in [-0.3, -0.25) is 4.99 Å². The monoisotopic (exact) mass is 361 g/mol. The van der Waals surface area contributed by atoms with Gasteiger partial charge in [0.2, 0.25) is 11.8 Å². The normalized spacial score (nSPS) is 11.9. The van der Waals surface area contributed by atoms with E-state index in [-0.39, 0.29) is 5.82 Å². The van der Waals surface area contributed by atoms with Gasteiger partial charge in [-0.1, -0.05) is 55.1 Å². The van der Waals surface area contributed by atoms with Crippen molar-refractivity contribution in [2.24, 2.45) is 4.99 Å². The standard InChI is InChI=1S/C22H20FN3O/c1-3-17(15-24-4-2)22-26-25-21(27-22)14-11-16-9-12-18(13-10-16)19-7-5-6-8-20(19)23/h3-10,12-13,15H,1,11,14H2,2H3/b17-15+,24-4?. The average Bonchev–Trinajstić information content (AvgIpc) is 3.17. The molecule has 0 N–H and O–H groups in total. The van der Waals surface area contributed by atoms with E-state index in [0.29, 0.717) is 29.3 Å². The van der Waals surface area contributed by atoms with Crippen LogP contribution < -0.4 is 0 Å². The van der Waals surface area contributed by atoms with Crippen LogP contribution in [-0.4, -0.2) is 16.4 Å². The van der Waals surface area contributed by atoms with Crippen molar-refractivity contribution in [3.63, 3.8) is 0 Å². The van der Waals surface area contributed by atoms with Crippen LogP contribution in [0.5, 0.6) is 0 Å². The summed E-state index contributed by atoms with van der Waals surface area (Å²) in [7, 11) is 0. The summed E-state index contributed by atoms with van der Waals surface area (Å²) in [4.78, 5) is 4.05. The summed E-state index contributed by atoms with van der Waals surface area (Å²) < 4.78 is 19.6. The molecule has 0 fully saturated rings. The number of aromatic nitrogens is 2. The lowest BCUT2D eigenvalue weighted by molar-refractivity contribution is 0.482. The van der Waals surface area contributed by atoms with Gasteiger partial charge < -0.3 is 4.42 Å². The number of aliphatic imine (C=N–C) groups is 1. The fourth-order valence-corrected chi connectivity index (χ4v) is 2.62. The van der Waals surface area contributed by atoms with E-state index in [2.05, 4.69) is 21.8 Å². The van der Waals surface area contributed by atoms with Gasteiger partial charge >= 0.3 is 0 Å². The van der Waals surface area contributed by atoms with Crippen LogP contribution in [0.15, 0.2) is 76.8 Å². The third-order valence-corrected chi connectivity index (χ3v) is 4.06. The van der Waals surface area contributed by atoms with E-state index in [0.717, 1.165) is 17.5 Å². The molecule has 0 saturated heterocycles. The molecule has 0 aliphatic carbocycles. The Morgan fingerprint density at radius 3 is 2.59 bits per heavy atom. The van der Waals surface area contributed by atoms with Crippen LogP contribution in [0.2, 0.25) is 0 Å². The fraction of sp³-hybridized carbons (Fsp3) is 0.136. The Balaban J connectivity index is 1.66. The van der Waals surface area contributed by atoms with Crippen LogP contribution in [0.1, 0.15) is 24.3 Å². The molecule has 5 heteroatoms. The lowest BCUT2D eigenvalue weighted by Crippen LogP contribution is -1.92. The molecule has 0 radical (unpaired) electrons. The predicted molar refractivity (Wildman–Crippen MR) is 106 cm³/mol. The summed E-state index contributed by atoms with van der Waals surface area (Å²) in [5, 5.41) is 8.12. The maximum atomic E-state index is 13.9. The van der Waals surface area contributed by atoms with Gasteiger partial charge in [0.15, 0.2) is 0 Å². The molecule has 0 aliphatic heterocycles. The molecule has 0 unspecified atom stereocenters. The first-order valence-electron chi connectivity index (χ1n) is 8.68. The molecule has 0 aliphatic rings. The number of nitrogens with zero attached hydrogens (tertiary/aromatic N) is 3. The van der Waals surface area contributed by atoms with Gasteiger partial charge in [-0.25, -0.2) is 4.39 Å². The van der Waals surface area contributed by atoms with Crippen molar-refractivity contribution in [3.05, 3.63) is 90.5 Å². The Bertz CT molecular complexity index is 971. The van der Waals surface area contributed by atoms with Gasteiger partial charge in [0, 0.05) is 24.4 Å². The molecule has 1 aromatic heterocycles. The molecule has 27 heavy (non-hydrogen) atoms. The van der Waals surface area contributed by atoms with Gasteiger partial charge in [-0.2, -0.15) is 0 Å². The number of halogens is 1. The van der Waals surface area contributed by atoms with Crippen molar-refractivity contribution in [1.29, 1.82) is 0 Å². The summed E-state index contributed by atoms with van der Waals surface area (Å²) in [5.41, 5.74) is 3.25. The summed E-state index contributed by atoms with van der Waals surface area (Å²) >= 11 is 0. The molecule has 0 atom stereocenters. The van der Waals surface area contributed by atoms with E-state index in [1.54, 1.807) is 30.6 Å². The molecule has 3 rings (SSSR count). The first kappa shape index (κ1) is 18.5. The van der Waals surface area contributed by atoms with Crippen molar-refractivity contribution in [3.8, 4) is 11.1 Å². The highest BCUT2D eigenvalue weighted by molar-refractivity contribution is 5.69. The Kier molecular flexibility index (Phi) is 6.05. The zero-order chi connectivity index (χ0) is 19.1. The fourth-order valence-electron chi connectivity index (χ4n) is 2.62. The molecule has 136 valence electrons. The molecular formula is C22H20FN3O. The van der Waals surface area contributed by atoms with Crippen LogP contribution in [0.25, 0.3) is 16.7 Å². The van der Waals surface area contributed by atoms with Crippen LogP contribution in [0.3, 0.4) is 0 Å². The smallest absolute Gasteiger partial charge is 0.249 e. The van der Waals surface area contributed by atoms with Gasteiger partial charge in [0.25, 0.3) is 0 Å². The minimum atomic E-state index is -0.220. The number of allylic oxidation sites excluding steroid dienone is 2. The van der Waals surface area contributed by atoms with Crippen molar-refractivity contribution >= 4 is 11.8 Å². The average molecular weight is 361 g/mol. The van der Waals surface area contributed by atoms with E-state index in [1.165, 1.54) is 6.07 Å². The predicted octanol–water partition coefficient (Wildman–Crippen LogP) is 5.28. The van der Waals surface area contributed by atoms with E-state index in [1.807, 2.05) is 37.3 Å². The molecule has 4 nitrogen and oxygen atoms in total. The molecule has 1 heterocycles. The molecular weight excluding hydrogens is 341 g/mol. The zero-order valence-corrected chi connectivity index (χ0v) is 15.1. The van der Waals surface area contributed by atoms with E-state index >= 15 is 0 Å². The van der Waals surface area contributed by atoms with Gasteiger partial charge in [-0.05, 0) is 30.5 Å². The topological polar surface area (TPSA) is 51.3 Å². The number of rotatable bonds is 7. The van der Waals surface area contributed by atoms with E-state index in [4.69, 9.17) is 4.42 Å². The minimum Gasteiger partial charge on any atom is -0.421 e. The minimum absolute atomic E-state index is 0.220. The summed E-state index contributed by atoms with van der Waals surface area (Å²) in [6.45, 7) is 5.56. The second-order valence-electron chi connectivity index (χ2n) is 5.87. The van der Waals surface area contributed by atoms with Crippen molar-refractivity contribution in [2.45, 2.75) is 19.8 Å². The molecule has 2 aromatic carbocycles. The summed E-state index contributed by atoms with van der Waals surface area (Å²) in [5.74, 6) is 0.735. The molecule has 0 saturated carbocycles. The summed E-state index contributed by atoms with van der Waals surface area (Å²) in [6.07, 6.45) is 6.30. The van der Waals surface area contributed by atoms with Crippen LogP contribution in [0, 0.1) is 5.82 Å². The molecule has 0 bridgehead atoms. The lowest BCUT2D eigenvalue weighted by Gasteiger charge is -2.05. The molecule has 0 amide bonds. The Morgan fingerprint density at radius 1 is 1.11 bits per heavy atom. The van der Waals surface area contributed by atoms with Crippen LogP contribution in [-0.2, 0) is 12.8 Å². The highest BCUT2D eigenvalue weighted by Gasteiger charge is 2.09. The van der Waals surface area contributed by atoms with Crippen molar-refractivity contribution in [1.82, 2.24) is 10.2 Å². The second kappa shape index (κ2) is 8.85. The first-order chi connectivity index (χ1) is 13.2. The molecule has 3 aromatic rings. The maximum Gasteiger partial charge on any atom is 0.249 e. The third kappa shape index (κ3) is 4.64. The van der Waals surface area contributed by atoms with Crippen molar-refractivity contribution in [2.75, 3.05) is 0 Å². The van der Waals surface area contributed by atoms with E-state index in [9.17, 15) is 4.39 Å². The maximum absolute atomic E-state index is 13.9. The lowest BCUT2D eigenvalue weighted by atomic mass is 10.0. The van der Waals surface area contributed by atoms with Gasteiger partial charge in [-0.15, -0.1) is 10.2 Å². The summed E-state index contributed by atoms with van der Waals surface area (Å²) in [6, 6.07) is 14.6. The number of benzene rings is 2. The van der Waals surface area contributed by atoms with Crippen molar-refractivity contribution < 1.29 is 8.81 Å². The van der Waals surface area contributed by atoms with Crippen LogP contribution >= 0.6 is 0 Å². The first-order valence-corrected chi connectivity index (χ1v) is 8.68. The molecule has 0 spiro atoms. The number of hydrogen-bond donors (Lipinski definition) is 0.